The van der Waals surface area contributed by atoms with Crippen molar-refractivity contribution in [1.29, 1.82) is 0 Å². The maximum atomic E-state index is 12.0. The van der Waals surface area contributed by atoms with Gasteiger partial charge in [-0.05, 0) is 30.2 Å². The van der Waals surface area contributed by atoms with Crippen LogP contribution in [0.2, 0.25) is 0 Å². The monoisotopic (exact) mass is 279 g/mol. The summed E-state index contributed by atoms with van der Waals surface area (Å²) < 4.78 is 5.33. The van der Waals surface area contributed by atoms with Crippen molar-refractivity contribution in [1.82, 2.24) is 4.98 Å². The zero-order chi connectivity index (χ0) is 14.7. The van der Waals surface area contributed by atoms with E-state index in [0.717, 1.165) is 22.0 Å². The van der Waals surface area contributed by atoms with E-state index in [-0.39, 0.29) is 12.4 Å². The molecular weight excluding hydrogens is 262 g/mol. The van der Waals surface area contributed by atoms with Crippen molar-refractivity contribution in [2.24, 2.45) is 0 Å². The molecule has 21 heavy (non-hydrogen) atoms. The molecule has 0 fully saturated rings. The topological polar surface area (TPSA) is 42.1 Å². The van der Waals surface area contributed by atoms with Crippen LogP contribution in [0, 0.1) is 6.92 Å². The molecule has 1 aromatic heterocycles. The molecule has 0 atom stereocenters. The Balaban J connectivity index is 1.67. The van der Waals surface area contributed by atoms with Gasteiger partial charge >= 0.3 is 5.97 Å². The number of hydrogen-bond donors (Lipinski definition) is 1. The second-order valence-electron chi connectivity index (χ2n) is 5.19. The number of fused-ring (bicyclic) bond motifs is 1. The molecule has 0 spiro atoms. The Morgan fingerprint density at radius 3 is 2.76 bits per heavy atom. The average molecular weight is 279 g/mol. The maximum absolute atomic E-state index is 12.0. The zero-order valence-corrected chi connectivity index (χ0v) is 11.9. The molecule has 0 bridgehead atoms. The van der Waals surface area contributed by atoms with Crippen LogP contribution in [0.3, 0.4) is 0 Å². The van der Waals surface area contributed by atoms with Crippen molar-refractivity contribution in [2.45, 2.75) is 20.0 Å². The highest BCUT2D eigenvalue weighted by Gasteiger charge is 2.10. The molecule has 2 aromatic carbocycles. The fourth-order valence-corrected chi connectivity index (χ4v) is 2.38. The molecule has 0 unspecified atom stereocenters. The van der Waals surface area contributed by atoms with E-state index in [1.807, 2.05) is 49.5 Å². The Labute approximate surface area is 123 Å². The standard InChI is InChI=1S/C18H17NO2/c1-13-7-8-17-16(9-13)15(11-19-17)10-18(20)21-12-14-5-3-2-4-6-14/h2-9,11,19H,10,12H2,1H3. The zero-order valence-electron chi connectivity index (χ0n) is 11.9. The first-order chi connectivity index (χ1) is 10.2. The summed E-state index contributed by atoms with van der Waals surface area (Å²) in [6, 6.07) is 15.9. The van der Waals surface area contributed by atoms with Gasteiger partial charge in [-0.15, -0.1) is 0 Å². The second kappa shape index (κ2) is 5.83. The maximum Gasteiger partial charge on any atom is 0.310 e. The van der Waals surface area contributed by atoms with Gasteiger partial charge in [0.1, 0.15) is 6.61 Å². The van der Waals surface area contributed by atoms with Crippen LogP contribution in [0.5, 0.6) is 0 Å². The van der Waals surface area contributed by atoms with Crippen LogP contribution in [-0.2, 0) is 22.6 Å². The third kappa shape index (κ3) is 3.14. The molecule has 1 N–H and O–H groups in total. The molecule has 0 amide bonds. The van der Waals surface area contributed by atoms with Crippen molar-refractivity contribution in [3.05, 3.63) is 71.4 Å². The fourth-order valence-electron chi connectivity index (χ4n) is 2.38. The van der Waals surface area contributed by atoms with Crippen LogP contribution in [0.4, 0.5) is 0 Å². The van der Waals surface area contributed by atoms with Crippen LogP contribution in [-0.4, -0.2) is 11.0 Å². The van der Waals surface area contributed by atoms with Gasteiger partial charge in [-0.1, -0.05) is 42.0 Å². The van der Waals surface area contributed by atoms with E-state index in [4.69, 9.17) is 4.74 Å². The van der Waals surface area contributed by atoms with Gasteiger partial charge in [0, 0.05) is 17.1 Å². The van der Waals surface area contributed by atoms with Gasteiger partial charge in [0.15, 0.2) is 0 Å². The van der Waals surface area contributed by atoms with Crippen molar-refractivity contribution >= 4 is 16.9 Å². The predicted molar refractivity (Wildman–Crippen MR) is 83.0 cm³/mol. The minimum Gasteiger partial charge on any atom is -0.461 e. The van der Waals surface area contributed by atoms with Crippen LogP contribution >= 0.6 is 0 Å². The summed E-state index contributed by atoms with van der Waals surface area (Å²) in [4.78, 5) is 15.2. The van der Waals surface area contributed by atoms with Crippen molar-refractivity contribution in [3.63, 3.8) is 0 Å². The number of esters is 1. The number of hydrogen-bond acceptors (Lipinski definition) is 2. The minimum absolute atomic E-state index is 0.207. The SMILES string of the molecule is Cc1ccc2[nH]cc(CC(=O)OCc3ccccc3)c2c1. The lowest BCUT2D eigenvalue weighted by molar-refractivity contribution is -0.144. The van der Waals surface area contributed by atoms with Crippen LogP contribution in [0.1, 0.15) is 16.7 Å². The summed E-state index contributed by atoms with van der Waals surface area (Å²) >= 11 is 0. The summed E-state index contributed by atoms with van der Waals surface area (Å²) in [5, 5.41) is 1.09. The van der Waals surface area contributed by atoms with Crippen molar-refractivity contribution < 1.29 is 9.53 Å². The van der Waals surface area contributed by atoms with E-state index in [2.05, 4.69) is 17.1 Å². The van der Waals surface area contributed by atoms with Crippen LogP contribution in [0.25, 0.3) is 10.9 Å². The smallest absolute Gasteiger partial charge is 0.310 e. The van der Waals surface area contributed by atoms with E-state index in [1.54, 1.807) is 0 Å². The first kappa shape index (κ1) is 13.4. The molecule has 0 aliphatic heterocycles. The summed E-state index contributed by atoms with van der Waals surface area (Å²) in [6.45, 7) is 2.37. The quantitative estimate of drug-likeness (QED) is 0.739. The lowest BCUT2D eigenvalue weighted by atomic mass is 10.1. The number of aryl methyl sites for hydroxylation is 1. The molecule has 3 heteroatoms. The molecular formula is C18H17NO2. The summed E-state index contributed by atoms with van der Waals surface area (Å²) in [6.07, 6.45) is 2.17. The normalized spacial score (nSPS) is 10.7. The number of aromatic amines is 1. The largest absolute Gasteiger partial charge is 0.461 e. The molecule has 0 radical (unpaired) electrons. The van der Waals surface area contributed by atoms with Crippen LogP contribution < -0.4 is 0 Å². The number of carbonyl (C=O) groups is 1. The second-order valence-corrected chi connectivity index (χ2v) is 5.19. The first-order valence-corrected chi connectivity index (χ1v) is 6.98. The predicted octanol–water partition coefficient (Wildman–Crippen LogP) is 3.76. The lowest BCUT2D eigenvalue weighted by Crippen LogP contribution is -2.07. The number of nitrogens with one attached hydrogen (secondary N) is 1. The molecule has 0 aliphatic carbocycles. The summed E-state index contributed by atoms with van der Waals surface area (Å²) in [5.74, 6) is -0.207. The molecule has 3 aromatic rings. The van der Waals surface area contributed by atoms with E-state index >= 15 is 0 Å². The Hall–Kier alpha value is -2.55. The molecule has 3 nitrogen and oxygen atoms in total. The third-order valence-electron chi connectivity index (χ3n) is 3.50. The highest BCUT2D eigenvalue weighted by molar-refractivity contribution is 5.87. The van der Waals surface area contributed by atoms with E-state index in [9.17, 15) is 4.79 Å². The van der Waals surface area contributed by atoms with E-state index < -0.39 is 0 Å². The lowest BCUT2D eigenvalue weighted by Gasteiger charge is -2.04. The first-order valence-electron chi connectivity index (χ1n) is 6.98. The number of H-pyrrole nitrogens is 1. The van der Waals surface area contributed by atoms with Gasteiger partial charge in [0.25, 0.3) is 0 Å². The fraction of sp³-hybridized carbons (Fsp3) is 0.167. The van der Waals surface area contributed by atoms with Gasteiger partial charge in [-0.25, -0.2) is 0 Å². The molecule has 1 heterocycles. The Kier molecular flexibility index (Phi) is 3.73. The number of benzene rings is 2. The minimum atomic E-state index is -0.207. The number of ether oxygens (including phenoxy) is 1. The number of aromatic nitrogens is 1. The highest BCUT2D eigenvalue weighted by atomic mass is 16.5. The Bertz CT molecular complexity index is 759. The Morgan fingerprint density at radius 2 is 1.95 bits per heavy atom. The third-order valence-corrected chi connectivity index (χ3v) is 3.50. The van der Waals surface area contributed by atoms with Gasteiger partial charge in [-0.2, -0.15) is 0 Å². The van der Waals surface area contributed by atoms with Gasteiger partial charge in [-0.3, -0.25) is 4.79 Å². The van der Waals surface area contributed by atoms with Crippen molar-refractivity contribution in [2.75, 3.05) is 0 Å². The van der Waals surface area contributed by atoms with E-state index in [1.165, 1.54) is 5.56 Å². The van der Waals surface area contributed by atoms with Crippen molar-refractivity contribution in [3.8, 4) is 0 Å². The number of rotatable bonds is 4. The molecule has 106 valence electrons. The number of carbonyl (C=O) groups excluding carboxylic acids is 1. The molecule has 0 aliphatic rings. The molecule has 0 saturated carbocycles. The van der Waals surface area contributed by atoms with Gasteiger partial charge in [0.2, 0.25) is 0 Å². The Morgan fingerprint density at radius 1 is 1.14 bits per heavy atom. The molecule has 0 saturated heterocycles. The van der Waals surface area contributed by atoms with E-state index in [0.29, 0.717) is 6.61 Å². The average Bonchev–Trinajstić information content (AvgIpc) is 2.88. The summed E-state index contributed by atoms with van der Waals surface area (Å²) in [7, 11) is 0. The summed E-state index contributed by atoms with van der Waals surface area (Å²) in [5.41, 5.74) is 4.21. The highest BCUT2D eigenvalue weighted by Crippen LogP contribution is 2.20. The van der Waals surface area contributed by atoms with Gasteiger partial charge in [0.05, 0.1) is 6.42 Å². The van der Waals surface area contributed by atoms with Gasteiger partial charge < -0.3 is 9.72 Å². The molecule has 3 rings (SSSR count). The van der Waals surface area contributed by atoms with Crippen LogP contribution in [0.15, 0.2) is 54.7 Å².